The molecule has 3 rings (SSSR count). The molecular formula is C16H17N3O3. The van der Waals surface area contributed by atoms with E-state index >= 15 is 0 Å². The Kier molecular flexibility index (Phi) is 3.58. The zero-order valence-corrected chi connectivity index (χ0v) is 12.9. The zero-order chi connectivity index (χ0) is 15.7. The molecule has 1 aromatic carbocycles. The largest absolute Gasteiger partial charge is 0.493 e. The number of aryl methyl sites for hydroxylation is 2. The van der Waals surface area contributed by atoms with E-state index in [9.17, 15) is 0 Å². The summed E-state index contributed by atoms with van der Waals surface area (Å²) in [4.78, 5) is 8.75. The van der Waals surface area contributed by atoms with Crippen LogP contribution in [0.15, 0.2) is 28.7 Å². The second-order valence-corrected chi connectivity index (χ2v) is 4.89. The van der Waals surface area contributed by atoms with Gasteiger partial charge in [0.15, 0.2) is 11.5 Å². The molecule has 22 heavy (non-hydrogen) atoms. The molecule has 0 atom stereocenters. The number of methoxy groups -OCH3 is 2. The molecule has 0 aliphatic carbocycles. The van der Waals surface area contributed by atoms with Crippen molar-refractivity contribution >= 4 is 22.6 Å². The molecule has 0 spiro atoms. The van der Waals surface area contributed by atoms with Crippen molar-refractivity contribution in [2.24, 2.45) is 0 Å². The van der Waals surface area contributed by atoms with Gasteiger partial charge in [-0.3, -0.25) is 0 Å². The van der Waals surface area contributed by atoms with Crippen molar-refractivity contribution in [2.45, 2.75) is 13.8 Å². The SMILES string of the molecule is COc1ccc(Nc2nc(C)nc3oc(C)cc23)cc1OC. The lowest BCUT2D eigenvalue weighted by molar-refractivity contribution is 0.355. The number of hydrogen-bond acceptors (Lipinski definition) is 6. The van der Waals surface area contributed by atoms with E-state index < -0.39 is 0 Å². The van der Waals surface area contributed by atoms with E-state index in [1.54, 1.807) is 14.2 Å². The number of nitrogens with zero attached hydrogens (tertiary/aromatic N) is 2. The van der Waals surface area contributed by atoms with Crippen LogP contribution in [0.25, 0.3) is 11.1 Å². The molecule has 0 bridgehead atoms. The molecule has 0 radical (unpaired) electrons. The first-order valence-corrected chi connectivity index (χ1v) is 6.84. The topological polar surface area (TPSA) is 69.4 Å². The van der Waals surface area contributed by atoms with Gasteiger partial charge in [0, 0.05) is 11.8 Å². The molecule has 0 aliphatic heterocycles. The Morgan fingerprint density at radius 3 is 2.50 bits per heavy atom. The second kappa shape index (κ2) is 5.55. The molecular weight excluding hydrogens is 282 g/mol. The summed E-state index contributed by atoms with van der Waals surface area (Å²) in [6.07, 6.45) is 0. The molecule has 1 N–H and O–H groups in total. The highest BCUT2D eigenvalue weighted by molar-refractivity contribution is 5.88. The Labute approximate surface area is 128 Å². The highest BCUT2D eigenvalue weighted by Gasteiger charge is 2.12. The molecule has 0 fully saturated rings. The maximum absolute atomic E-state index is 5.57. The Hall–Kier alpha value is -2.76. The van der Waals surface area contributed by atoms with Gasteiger partial charge in [-0.15, -0.1) is 0 Å². The minimum absolute atomic E-state index is 0.577. The van der Waals surface area contributed by atoms with Crippen LogP contribution in [0.3, 0.4) is 0 Å². The predicted octanol–water partition coefficient (Wildman–Crippen LogP) is 3.60. The van der Waals surface area contributed by atoms with Crippen LogP contribution < -0.4 is 14.8 Å². The third-order valence-electron chi connectivity index (χ3n) is 3.27. The lowest BCUT2D eigenvalue weighted by atomic mass is 10.2. The van der Waals surface area contributed by atoms with Gasteiger partial charge in [-0.25, -0.2) is 4.98 Å². The van der Waals surface area contributed by atoms with Gasteiger partial charge >= 0.3 is 0 Å². The van der Waals surface area contributed by atoms with E-state index in [1.165, 1.54) is 0 Å². The summed E-state index contributed by atoms with van der Waals surface area (Å²) >= 11 is 0. The molecule has 6 heteroatoms. The fraction of sp³-hybridized carbons (Fsp3) is 0.250. The molecule has 0 unspecified atom stereocenters. The Morgan fingerprint density at radius 2 is 1.77 bits per heavy atom. The molecule has 2 heterocycles. The Morgan fingerprint density at radius 1 is 1.00 bits per heavy atom. The molecule has 114 valence electrons. The Balaban J connectivity index is 2.02. The lowest BCUT2D eigenvalue weighted by Crippen LogP contribution is -1.98. The van der Waals surface area contributed by atoms with E-state index in [1.807, 2.05) is 38.1 Å². The summed E-state index contributed by atoms with van der Waals surface area (Å²) in [5, 5.41) is 4.13. The van der Waals surface area contributed by atoms with Gasteiger partial charge in [0.2, 0.25) is 5.71 Å². The zero-order valence-electron chi connectivity index (χ0n) is 12.9. The summed E-state index contributed by atoms with van der Waals surface area (Å²) in [6.45, 7) is 3.72. The number of ether oxygens (including phenoxy) is 2. The first-order valence-electron chi connectivity index (χ1n) is 6.84. The maximum Gasteiger partial charge on any atom is 0.231 e. The highest BCUT2D eigenvalue weighted by atomic mass is 16.5. The number of anilines is 2. The first-order chi connectivity index (χ1) is 10.6. The van der Waals surface area contributed by atoms with E-state index in [0.29, 0.717) is 28.9 Å². The van der Waals surface area contributed by atoms with E-state index in [2.05, 4.69) is 15.3 Å². The van der Waals surface area contributed by atoms with Gasteiger partial charge in [-0.2, -0.15) is 4.98 Å². The third kappa shape index (κ3) is 2.55. The maximum atomic E-state index is 5.57. The van der Waals surface area contributed by atoms with Gasteiger partial charge in [-0.1, -0.05) is 0 Å². The number of benzene rings is 1. The van der Waals surface area contributed by atoms with E-state index in [4.69, 9.17) is 13.9 Å². The summed E-state index contributed by atoms with van der Waals surface area (Å²) in [6, 6.07) is 7.51. The standard InChI is InChI=1S/C16H17N3O3/c1-9-7-12-15(17-10(2)18-16(12)22-9)19-11-5-6-13(20-3)14(8-11)21-4/h5-8H,1-4H3,(H,17,18,19). The normalized spacial score (nSPS) is 10.7. The smallest absolute Gasteiger partial charge is 0.231 e. The molecule has 0 saturated heterocycles. The summed E-state index contributed by atoms with van der Waals surface area (Å²) in [5.41, 5.74) is 1.42. The number of hydrogen-bond donors (Lipinski definition) is 1. The molecule has 0 saturated carbocycles. The average Bonchev–Trinajstić information content (AvgIpc) is 2.87. The van der Waals surface area contributed by atoms with Crippen LogP contribution in [-0.2, 0) is 0 Å². The van der Waals surface area contributed by atoms with Crippen LogP contribution in [-0.4, -0.2) is 24.2 Å². The van der Waals surface area contributed by atoms with Gasteiger partial charge < -0.3 is 19.2 Å². The summed E-state index contributed by atoms with van der Waals surface area (Å²) in [5.74, 6) is 3.47. The minimum Gasteiger partial charge on any atom is -0.493 e. The highest BCUT2D eigenvalue weighted by Crippen LogP contribution is 2.32. The van der Waals surface area contributed by atoms with Gasteiger partial charge in [0.1, 0.15) is 17.4 Å². The van der Waals surface area contributed by atoms with E-state index in [0.717, 1.165) is 16.8 Å². The van der Waals surface area contributed by atoms with Gasteiger partial charge in [0.05, 0.1) is 19.6 Å². The Bertz CT molecular complexity index is 827. The number of aromatic nitrogens is 2. The van der Waals surface area contributed by atoms with Crippen LogP contribution in [0.5, 0.6) is 11.5 Å². The minimum atomic E-state index is 0.577. The lowest BCUT2D eigenvalue weighted by Gasteiger charge is -2.11. The van der Waals surface area contributed by atoms with Crippen LogP contribution in [0, 0.1) is 13.8 Å². The van der Waals surface area contributed by atoms with Gasteiger partial charge in [0.25, 0.3) is 0 Å². The van der Waals surface area contributed by atoms with Crippen molar-refractivity contribution in [1.29, 1.82) is 0 Å². The number of nitrogens with one attached hydrogen (secondary N) is 1. The quantitative estimate of drug-likeness (QED) is 0.793. The molecule has 0 aliphatic rings. The second-order valence-electron chi connectivity index (χ2n) is 4.89. The van der Waals surface area contributed by atoms with Crippen molar-refractivity contribution in [1.82, 2.24) is 9.97 Å². The molecule has 3 aromatic rings. The number of fused-ring (bicyclic) bond motifs is 1. The van der Waals surface area contributed by atoms with Crippen LogP contribution in [0.1, 0.15) is 11.6 Å². The number of rotatable bonds is 4. The molecule has 2 aromatic heterocycles. The van der Waals surface area contributed by atoms with Crippen molar-refractivity contribution < 1.29 is 13.9 Å². The fourth-order valence-corrected chi connectivity index (χ4v) is 2.29. The first kappa shape index (κ1) is 14.2. The van der Waals surface area contributed by atoms with Crippen LogP contribution in [0.4, 0.5) is 11.5 Å². The van der Waals surface area contributed by atoms with Gasteiger partial charge in [-0.05, 0) is 32.0 Å². The number of furan rings is 1. The fourth-order valence-electron chi connectivity index (χ4n) is 2.29. The van der Waals surface area contributed by atoms with Crippen LogP contribution in [0.2, 0.25) is 0 Å². The summed E-state index contributed by atoms with van der Waals surface area (Å²) < 4.78 is 16.1. The average molecular weight is 299 g/mol. The summed E-state index contributed by atoms with van der Waals surface area (Å²) in [7, 11) is 3.21. The van der Waals surface area contributed by atoms with Crippen molar-refractivity contribution in [2.75, 3.05) is 19.5 Å². The third-order valence-corrected chi connectivity index (χ3v) is 3.27. The van der Waals surface area contributed by atoms with Crippen molar-refractivity contribution in [3.63, 3.8) is 0 Å². The van der Waals surface area contributed by atoms with Crippen molar-refractivity contribution in [3.8, 4) is 11.5 Å². The van der Waals surface area contributed by atoms with Crippen LogP contribution >= 0.6 is 0 Å². The monoisotopic (exact) mass is 299 g/mol. The predicted molar refractivity (Wildman–Crippen MR) is 84.1 cm³/mol. The van der Waals surface area contributed by atoms with E-state index in [-0.39, 0.29) is 0 Å². The van der Waals surface area contributed by atoms with Crippen molar-refractivity contribution in [3.05, 3.63) is 35.9 Å². The molecule has 6 nitrogen and oxygen atoms in total. The molecule has 0 amide bonds.